The van der Waals surface area contributed by atoms with Gasteiger partial charge in [-0.2, -0.15) is 4.98 Å². The van der Waals surface area contributed by atoms with E-state index in [0.717, 1.165) is 53.7 Å². The van der Waals surface area contributed by atoms with Gasteiger partial charge in [-0.3, -0.25) is 9.59 Å². The molecule has 0 spiro atoms. The summed E-state index contributed by atoms with van der Waals surface area (Å²) in [5.74, 6) is 1.51. The van der Waals surface area contributed by atoms with Crippen molar-refractivity contribution in [1.82, 2.24) is 15.3 Å². The maximum absolute atomic E-state index is 12.8. The lowest BCUT2D eigenvalue weighted by molar-refractivity contribution is -0.126. The zero-order chi connectivity index (χ0) is 25.7. The van der Waals surface area contributed by atoms with E-state index >= 15 is 0 Å². The standard InChI is InChI=1S/C28H36N6O2/c1-18(2)26(35)30-22-9-7-8-19(16-22)17-29-27(36)20-12-14-21(15-13-20)31-28-32-24-11-6-5-10-23(24)25(33-28)34(3)4/h5-11,16,18,20-21H,12-15,17H2,1-4H3,(H,29,36)(H,30,35)(H,31,32,33). The number of carbonyl (C=O) groups is 2. The molecule has 0 aliphatic heterocycles. The van der Waals surface area contributed by atoms with Crippen LogP contribution in [0.15, 0.2) is 48.5 Å². The summed E-state index contributed by atoms with van der Waals surface area (Å²) in [6, 6.07) is 15.9. The summed E-state index contributed by atoms with van der Waals surface area (Å²) in [5.41, 5.74) is 2.63. The Bertz CT molecular complexity index is 1220. The van der Waals surface area contributed by atoms with Crippen molar-refractivity contribution in [1.29, 1.82) is 0 Å². The van der Waals surface area contributed by atoms with Crippen LogP contribution in [0.25, 0.3) is 10.9 Å². The summed E-state index contributed by atoms with van der Waals surface area (Å²) in [5, 5.41) is 10.5. The third kappa shape index (κ3) is 6.30. The molecular weight excluding hydrogens is 452 g/mol. The molecule has 0 radical (unpaired) electrons. The number of benzene rings is 2. The molecule has 190 valence electrons. The molecule has 36 heavy (non-hydrogen) atoms. The largest absolute Gasteiger partial charge is 0.362 e. The van der Waals surface area contributed by atoms with Crippen LogP contribution in [0.2, 0.25) is 0 Å². The quantitative estimate of drug-likeness (QED) is 0.429. The third-order valence-corrected chi connectivity index (χ3v) is 6.62. The van der Waals surface area contributed by atoms with Crippen molar-refractivity contribution in [2.24, 2.45) is 11.8 Å². The number of amides is 2. The van der Waals surface area contributed by atoms with E-state index in [2.05, 4.69) is 16.0 Å². The molecule has 3 N–H and O–H groups in total. The summed E-state index contributed by atoms with van der Waals surface area (Å²) in [6.45, 7) is 4.17. The molecule has 0 bridgehead atoms. The molecule has 2 aromatic carbocycles. The van der Waals surface area contributed by atoms with Gasteiger partial charge in [-0.15, -0.1) is 0 Å². The van der Waals surface area contributed by atoms with Crippen LogP contribution >= 0.6 is 0 Å². The number of anilines is 3. The lowest BCUT2D eigenvalue weighted by atomic mass is 9.85. The second-order valence-electron chi connectivity index (χ2n) is 10.0. The van der Waals surface area contributed by atoms with Crippen LogP contribution in [0.3, 0.4) is 0 Å². The topological polar surface area (TPSA) is 99.2 Å². The molecule has 0 saturated heterocycles. The first-order valence-corrected chi connectivity index (χ1v) is 12.7. The van der Waals surface area contributed by atoms with Gasteiger partial charge >= 0.3 is 0 Å². The van der Waals surface area contributed by atoms with Crippen molar-refractivity contribution < 1.29 is 9.59 Å². The van der Waals surface area contributed by atoms with Crippen LogP contribution in [0.1, 0.15) is 45.1 Å². The van der Waals surface area contributed by atoms with E-state index in [0.29, 0.717) is 12.5 Å². The number of hydrogen-bond donors (Lipinski definition) is 3. The molecule has 1 aromatic heterocycles. The Kier molecular flexibility index (Phi) is 8.03. The molecule has 1 aliphatic rings. The first-order valence-electron chi connectivity index (χ1n) is 12.7. The van der Waals surface area contributed by atoms with E-state index in [1.165, 1.54) is 0 Å². The van der Waals surface area contributed by atoms with Gasteiger partial charge in [0.25, 0.3) is 0 Å². The van der Waals surface area contributed by atoms with Crippen molar-refractivity contribution in [3.05, 3.63) is 54.1 Å². The van der Waals surface area contributed by atoms with Crippen molar-refractivity contribution in [2.45, 2.75) is 52.1 Å². The number of rotatable bonds is 8. The molecule has 1 saturated carbocycles. The Hall–Kier alpha value is -3.68. The highest BCUT2D eigenvalue weighted by Crippen LogP contribution is 2.28. The van der Waals surface area contributed by atoms with E-state index < -0.39 is 0 Å². The van der Waals surface area contributed by atoms with Gasteiger partial charge in [-0.1, -0.05) is 38.1 Å². The highest BCUT2D eigenvalue weighted by Gasteiger charge is 2.27. The Morgan fingerprint density at radius 2 is 1.75 bits per heavy atom. The zero-order valence-corrected chi connectivity index (χ0v) is 21.5. The number of nitrogens with one attached hydrogen (secondary N) is 3. The summed E-state index contributed by atoms with van der Waals surface area (Å²) in [7, 11) is 3.97. The Labute approximate surface area is 212 Å². The van der Waals surface area contributed by atoms with Crippen LogP contribution in [0.5, 0.6) is 0 Å². The highest BCUT2D eigenvalue weighted by molar-refractivity contribution is 5.92. The van der Waals surface area contributed by atoms with E-state index in [1.807, 2.05) is 81.4 Å². The molecule has 3 aromatic rings. The van der Waals surface area contributed by atoms with Crippen LogP contribution in [-0.4, -0.2) is 41.9 Å². The number of para-hydroxylation sites is 1. The van der Waals surface area contributed by atoms with Crippen molar-refractivity contribution >= 4 is 40.2 Å². The molecule has 0 unspecified atom stereocenters. The molecule has 4 rings (SSSR count). The molecule has 1 aliphatic carbocycles. The predicted molar refractivity (Wildman–Crippen MR) is 145 cm³/mol. The molecule has 1 heterocycles. The second kappa shape index (κ2) is 11.4. The minimum atomic E-state index is -0.0826. The van der Waals surface area contributed by atoms with Crippen LogP contribution < -0.4 is 20.9 Å². The fourth-order valence-electron chi connectivity index (χ4n) is 4.53. The molecular formula is C28H36N6O2. The summed E-state index contributed by atoms with van der Waals surface area (Å²) in [4.78, 5) is 36.2. The minimum Gasteiger partial charge on any atom is -0.362 e. The van der Waals surface area contributed by atoms with Gasteiger partial charge < -0.3 is 20.9 Å². The fraction of sp³-hybridized carbons (Fsp3) is 0.429. The lowest BCUT2D eigenvalue weighted by Gasteiger charge is -2.28. The average molecular weight is 489 g/mol. The average Bonchev–Trinajstić information content (AvgIpc) is 2.87. The highest BCUT2D eigenvalue weighted by atomic mass is 16.2. The van der Waals surface area contributed by atoms with Gasteiger partial charge in [-0.05, 0) is 55.5 Å². The van der Waals surface area contributed by atoms with Gasteiger partial charge in [0.05, 0.1) is 5.52 Å². The second-order valence-corrected chi connectivity index (χ2v) is 10.0. The number of hydrogen-bond acceptors (Lipinski definition) is 6. The van der Waals surface area contributed by atoms with E-state index in [4.69, 9.17) is 9.97 Å². The predicted octanol–water partition coefficient (Wildman–Crippen LogP) is 4.58. The van der Waals surface area contributed by atoms with Crippen molar-refractivity contribution in [2.75, 3.05) is 29.6 Å². The van der Waals surface area contributed by atoms with Crippen molar-refractivity contribution in [3.8, 4) is 0 Å². The normalized spacial score (nSPS) is 17.6. The van der Waals surface area contributed by atoms with E-state index in [9.17, 15) is 9.59 Å². The third-order valence-electron chi connectivity index (χ3n) is 6.62. The Morgan fingerprint density at radius 1 is 1.00 bits per heavy atom. The summed E-state index contributed by atoms with van der Waals surface area (Å²) < 4.78 is 0. The zero-order valence-electron chi connectivity index (χ0n) is 21.5. The molecule has 1 fully saturated rings. The van der Waals surface area contributed by atoms with E-state index in [-0.39, 0.29) is 29.7 Å². The minimum absolute atomic E-state index is 0.00161. The summed E-state index contributed by atoms with van der Waals surface area (Å²) >= 11 is 0. The smallest absolute Gasteiger partial charge is 0.226 e. The molecule has 8 nitrogen and oxygen atoms in total. The number of carbonyl (C=O) groups excluding carboxylic acids is 2. The maximum Gasteiger partial charge on any atom is 0.226 e. The number of aromatic nitrogens is 2. The lowest BCUT2D eigenvalue weighted by Crippen LogP contribution is -2.36. The fourth-order valence-corrected chi connectivity index (χ4v) is 4.53. The first kappa shape index (κ1) is 25.4. The monoisotopic (exact) mass is 488 g/mol. The van der Waals surface area contributed by atoms with Crippen LogP contribution in [-0.2, 0) is 16.1 Å². The maximum atomic E-state index is 12.8. The summed E-state index contributed by atoms with van der Waals surface area (Å²) in [6.07, 6.45) is 3.43. The molecule has 8 heteroatoms. The Balaban J connectivity index is 1.29. The van der Waals surface area contributed by atoms with Gasteiger partial charge in [0.15, 0.2) is 0 Å². The molecule has 2 amide bonds. The number of fused-ring (bicyclic) bond motifs is 1. The van der Waals surface area contributed by atoms with E-state index in [1.54, 1.807) is 0 Å². The molecule has 0 atom stereocenters. The van der Waals surface area contributed by atoms with Gasteiger partial charge in [0.1, 0.15) is 5.82 Å². The van der Waals surface area contributed by atoms with Crippen LogP contribution in [0.4, 0.5) is 17.5 Å². The first-order chi connectivity index (χ1) is 17.3. The van der Waals surface area contributed by atoms with Gasteiger partial charge in [0.2, 0.25) is 17.8 Å². The SMILES string of the molecule is CC(C)C(=O)Nc1cccc(CNC(=O)C2CCC(Nc3nc(N(C)C)c4ccccc4n3)CC2)c1. The van der Waals surface area contributed by atoms with Crippen molar-refractivity contribution in [3.63, 3.8) is 0 Å². The van der Waals surface area contributed by atoms with Crippen LogP contribution in [0, 0.1) is 11.8 Å². The number of nitrogens with zero attached hydrogens (tertiary/aromatic N) is 3. The Morgan fingerprint density at radius 3 is 2.47 bits per heavy atom. The van der Waals surface area contributed by atoms with Gasteiger partial charge in [-0.25, -0.2) is 4.98 Å². The van der Waals surface area contributed by atoms with Gasteiger partial charge in [0, 0.05) is 49.6 Å².